The highest BCUT2D eigenvalue weighted by Crippen LogP contribution is 2.35. The molecule has 0 aliphatic heterocycles. The van der Waals surface area contributed by atoms with Crippen molar-refractivity contribution in [1.82, 2.24) is 4.39 Å². The highest BCUT2D eigenvalue weighted by molar-refractivity contribution is 8.00. The average Bonchev–Trinajstić information content (AvgIpc) is 2.13. The summed E-state index contributed by atoms with van der Waals surface area (Å²) >= 11 is 0. The molecule has 0 aliphatic carbocycles. The van der Waals surface area contributed by atoms with Crippen LogP contribution >= 0.6 is 0 Å². The van der Waals surface area contributed by atoms with E-state index in [-0.39, 0.29) is 16.2 Å². The normalized spacial score (nSPS) is 18.2. The SMILES string of the molecule is C=CC[C@H](C)[C@@H](C)[SH](N)(=O)N[Si](C)(C)C(C)(C)C. The van der Waals surface area contributed by atoms with Crippen LogP contribution in [0.3, 0.4) is 0 Å². The van der Waals surface area contributed by atoms with E-state index in [9.17, 15) is 4.21 Å². The highest BCUT2D eigenvalue weighted by atomic mass is 32.3. The van der Waals surface area contributed by atoms with Crippen LogP contribution in [-0.2, 0) is 10.3 Å². The molecular weight excluding hydrogens is 260 g/mol. The first-order valence-corrected chi connectivity index (χ1v) is 11.5. The van der Waals surface area contributed by atoms with Crippen LogP contribution in [0.15, 0.2) is 12.7 Å². The van der Waals surface area contributed by atoms with Gasteiger partial charge in [-0.15, -0.1) is 6.58 Å². The molecule has 0 amide bonds. The zero-order chi connectivity index (χ0) is 14.8. The third kappa shape index (κ3) is 4.61. The Balaban J connectivity index is 4.96. The van der Waals surface area contributed by atoms with Gasteiger partial charge in [-0.25, -0.2) is 0 Å². The number of hydrogen-bond acceptors (Lipinski definition) is 1. The Kier molecular flexibility index (Phi) is 6.00. The van der Waals surface area contributed by atoms with E-state index >= 15 is 0 Å². The summed E-state index contributed by atoms with van der Waals surface area (Å²) in [6.07, 6.45) is 2.72. The summed E-state index contributed by atoms with van der Waals surface area (Å²) in [5.41, 5.74) is 0. The van der Waals surface area contributed by atoms with Gasteiger partial charge >= 0.3 is 0 Å². The molecule has 0 unspecified atom stereocenters. The third-order valence-corrected chi connectivity index (χ3v) is 13.4. The second-order valence-electron chi connectivity index (χ2n) is 6.94. The van der Waals surface area contributed by atoms with Crippen molar-refractivity contribution >= 4 is 18.5 Å². The number of allylic oxidation sites excluding steroid dienone is 1. The van der Waals surface area contributed by atoms with Crippen molar-refractivity contribution in [3.05, 3.63) is 12.7 Å². The Bertz CT molecular complexity index is 336. The van der Waals surface area contributed by atoms with Crippen LogP contribution in [0.5, 0.6) is 0 Å². The summed E-state index contributed by atoms with van der Waals surface area (Å²) < 4.78 is 16.1. The monoisotopic (exact) mass is 292 g/mol. The maximum atomic E-state index is 12.8. The highest BCUT2D eigenvalue weighted by Gasteiger charge is 2.39. The first kappa shape index (κ1) is 18.0. The second kappa shape index (κ2) is 5.99. The molecule has 0 saturated carbocycles. The van der Waals surface area contributed by atoms with Crippen LogP contribution < -0.4 is 9.53 Å². The van der Waals surface area contributed by atoms with E-state index in [1.54, 1.807) is 0 Å². The fourth-order valence-electron chi connectivity index (χ4n) is 1.54. The second-order valence-corrected chi connectivity index (χ2v) is 14.8. The fraction of sp³-hybridized carbons (Fsp3) is 0.846. The number of nitrogens with two attached hydrogens (primary N) is 1. The lowest BCUT2D eigenvalue weighted by molar-refractivity contribution is 0.554. The molecule has 0 aromatic heterocycles. The van der Waals surface area contributed by atoms with E-state index in [4.69, 9.17) is 5.14 Å². The Morgan fingerprint density at radius 2 is 1.83 bits per heavy atom. The Labute approximate surface area is 115 Å². The molecule has 2 atom stereocenters. The predicted molar refractivity (Wildman–Crippen MR) is 87.5 cm³/mol. The Morgan fingerprint density at radius 3 is 2.17 bits per heavy atom. The van der Waals surface area contributed by atoms with Crippen LogP contribution in [0.4, 0.5) is 0 Å². The number of nitrogens with one attached hydrogen (secondary N) is 1. The third-order valence-electron chi connectivity index (χ3n) is 4.30. The molecule has 3 N–H and O–H groups in total. The summed E-state index contributed by atoms with van der Waals surface area (Å²) in [6, 6.07) is 0. The molecule has 0 saturated heterocycles. The van der Waals surface area contributed by atoms with Gasteiger partial charge in [0.05, 0.1) is 0 Å². The van der Waals surface area contributed by atoms with Gasteiger partial charge in [-0.1, -0.05) is 53.8 Å². The number of rotatable bonds is 6. The predicted octanol–water partition coefficient (Wildman–Crippen LogP) is 2.99. The minimum Gasteiger partial charge on any atom is -0.270 e. The zero-order valence-corrected chi connectivity index (χ0v) is 15.0. The van der Waals surface area contributed by atoms with Gasteiger partial charge < -0.3 is 0 Å². The molecule has 0 rings (SSSR count). The zero-order valence-electron chi connectivity index (χ0n) is 13.1. The van der Waals surface area contributed by atoms with Gasteiger partial charge in [0.1, 0.15) is 8.24 Å². The van der Waals surface area contributed by atoms with Crippen molar-refractivity contribution in [2.24, 2.45) is 11.1 Å². The van der Waals surface area contributed by atoms with E-state index < -0.39 is 18.5 Å². The lowest BCUT2D eigenvalue weighted by atomic mass is 10.1. The van der Waals surface area contributed by atoms with Crippen molar-refractivity contribution in [1.29, 1.82) is 0 Å². The molecule has 0 radical (unpaired) electrons. The van der Waals surface area contributed by atoms with Crippen LogP contribution in [0, 0.1) is 5.92 Å². The van der Waals surface area contributed by atoms with Gasteiger partial charge in [-0.2, -0.15) is 0 Å². The molecule has 0 aromatic carbocycles. The lowest BCUT2D eigenvalue weighted by Crippen LogP contribution is -2.62. The van der Waals surface area contributed by atoms with Crippen LogP contribution in [0.1, 0.15) is 41.0 Å². The van der Waals surface area contributed by atoms with Gasteiger partial charge in [0, 0.05) is 5.25 Å². The molecule has 3 nitrogen and oxygen atoms in total. The van der Waals surface area contributed by atoms with Crippen molar-refractivity contribution < 1.29 is 4.21 Å². The maximum Gasteiger partial charge on any atom is 0.138 e. The van der Waals surface area contributed by atoms with E-state index in [1.165, 1.54) is 0 Å². The molecule has 0 spiro atoms. The maximum absolute atomic E-state index is 12.8. The summed E-state index contributed by atoms with van der Waals surface area (Å²) in [5, 5.41) is 6.22. The van der Waals surface area contributed by atoms with E-state index in [0.29, 0.717) is 0 Å². The molecule has 5 heteroatoms. The van der Waals surface area contributed by atoms with Gasteiger partial charge in [0.15, 0.2) is 0 Å². The van der Waals surface area contributed by atoms with E-state index in [2.05, 4.69) is 51.8 Å². The Hall–Kier alpha value is 0.0269. The fourth-order valence-corrected chi connectivity index (χ4v) is 8.07. The summed E-state index contributed by atoms with van der Waals surface area (Å²) in [4.78, 5) is 0. The van der Waals surface area contributed by atoms with Crippen molar-refractivity contribution in [2.75, 3.05) is 0 Å². The van der Waals surface area contributed by atoms with Gasteiger partial charge in [-0.05, 0) is 27.7 Å². The first-order valence-electron chi connectivity index (χ1n) is 6.64. The largest absolute Gasteiger partial charge is 0.270 e. The van der Waals surface area contributed by atoms with Crippen molar-refractivity contribution in [2.45, 2.75) is 64.4 Å². The molecule has 0 aromatic rings. The minimum atomic E-state index is -2.82. The minimum absolute atomic E-state index is 0.0235. The standard InChI is InChI=1S/C13H32N2OSSi/c1-9-10-11(2)12(3)17(14,16)15-18(7,8)13(4,5)6/h9,11-12,17H,1,10H2,2-8H3,(H3,14,15,16)/t11-,12+/m0/s1. The Morgan fingerprint density at radius 1 is 1.39 bits per heavy atom. The molecular formula is C13H32N2OSSi. The summed E-state index contributed by atoms with van der Waals surface area (Å²) in [6.45, 7) is 18.7. The van der Waals surface area contributed by atoms with Crippen LogP contribution in [0.25, 0.3) is 0 Å². The molecule has 0 aliphatic rings. The summed E-state index contributed by atoms with van der Waals surface area (Å²) in [5.74, 6) is 0.288. The molecule has 0 fully saturated rings. The topological polar surface area (TPSA) is 55.1 Å². The molecule has 0 bridgehead atoms. The summed E-state index contributed by atoms with van der Waals surface area (Å²) in [7, 11) is -4.66. The van der Waals surface area contributed by atoms with Gasteiger partial charge in [-0.3, -0.25) is 13.7 Å². The van der Waals surface area contributed by atoms with Crippen LogP contribution in [0.2, 0.25) is 18.1 Å². The first-order chi connectivity index (χ1) is 7.85. The number of hydrogen-bond donors (Lipinski definition) is 3. The van der Waals surface area contributed by atoms with E-state index in [1.807, 2.05) is 13.0 Å². The van der Waals surface area contributed by atoms with Crippen molar-refractivity contribution in [3.63, 3.8) is 0 Å². The average molecular weight is 293 g/mol. The molecule has 18 heavy (non-hydrogen) atoms. The quantitative estimate of drug-likeness (QED) is 0.393. The molecule has 110 valence electrons. The van der Waals surface area contributed by atoms with Crippen LogP contribution in [-0.4, -0.2) is 17.7 Å². The number of thiol groups is 1. The van der Waals surface area contributed by atoms with E-state index in [0.717, 1.165) is 6.42 Å². The lowest BCUT2D eigenvalue weighted by Gasteiger charge is -2.43. The van der Waals surface area contributed by atoms with Gasteiger partial charge in [0.2, 0.25) is 0 Å². The van der Waals surface area contributed by atoms with Gasteiger partial charge in [0.25, 0.3) is 0 Å². The van der Waals surface area contributed by atoms with Crippen molar-refractivity contribution in [3.8, 4) is 0 Å². The smallest absolute Gasteiger partial charge is 0.138 e. The molecule has 0 heterocycles.